The van der Waals surface area contributed by atoms with Crippen LogP contribution in [0, 0.1) is 13.8 Å². The van der Waals surface area contributed by atoms with Crippen LogP contribution in [-0.4, -0.2) is 55.4 Å². The molecule has 10 heteroatoms. The molecular formula is C40H46N4O6. The summed E-state index contributed by atoms with van der Waals surface area (Å²) in [7, 11) is 1.36. The summed E-state index contributed by atoms with van der Waals surface area (Å²) in [5, 5.41) is 11.2. The molecule has 6 rings (SSSR count). The Morgan fingerprint density at radius 2 is 1.38 bits per heavy atom. The van der Waals surface area contributed by atoms with Crippen LogP contribution in [0.5, 0.6) is 0 Å². The SMILES string of the molecule is C.C.COC(=O)c1ccnc(Cc2ccc3c(c2)c(C)cn3C(=O)OC(C)(C)C)c1.Cc1c[nH]c2ccc(Cc3cc(C(=O)O)ccn3)cc12. The van der Waals surface area contributed by atoms with Crippen molar-refractivity contribution in [2.75, 3.05) is 7.11 Å². The molecule has 0 radical (unpaired) electrons. The minimum absolute atomic E-state index is 0. The Morgan fingerprint density at radius 1 is 0.800 bits per heavy atom. The maximum absolute atomic E-state index is 12.5. The van der Waals surface area contributed by atoms with E-state index in [0.29, 0.717) is 18.4 Å². The van der Waals surface area contributed by atoms with Crippen molar-refractivity contribution in [1.82, 2.24) is 19.5 Å². The van der Waals surface area contributed by atoms with Crippen molar-refractivity contribution in [1.29, 1.82) is 0 Å². The Morgan fingerprint density at radius 3 is 1.98 bits per heavy atom. The molecule has 0 saturated carbocycles. The van der Waals surface area contributed by atoms with E-state index in [9.17, 15) is 14.4 Å². The third-order valence-corrected chi connectivity index (χ3v) is 7.68. The number of carboxylic acid groups (broad SMARTS) is 1. The lowest BCUT2D eigenvalue weighted by atomic mass is 10.0. The highest BCUT2D eigenvalue weighted by Crippen LogP contribution is 2.25. The molecular weight excluding hydrogens is 632 g/mol. The van der Waals surface area contributed by atoms with Gasteiger partial charge in [0.2, 0.25) is 0 Å². The van der Waals surface area contributed by atoms with Gasteiger partial charge < -0.3 is 19.6 Å². The molecule has 50 heavy (non-hydrogen) atoms. The Kier molecular flexibility index (Phi) is 12.4. The number of aromatic carboxylic acids is 1. The molecule has 0 bridgehead atoms. The fourth-order valence-corrected chi connectivity index (χ4v) is 5.38. The average molecular weight is 679 g/mol. The minimum atomic E-state index is -0.925. The number of esters is 1. The van der Waals surface area contributed by atoms with E-state index in [-0.39, 0.29) is 26.4 Å². The highest BCUT2D eigenvalue weighted by atomic mass is 16.6. The van der Waals surface area contributed by atoms with E-state index in [1.807, 2.05) is 64.2 Å². The number of aromatic amines is 1. The molecule has 0 amide bonds. The average Bonchev–Trinajstić information content (AvgIpc) is 3.59. The maximum Gasteiger partial charge on any atom is 0.418 e. The number of hydrogen-bond donors (Lipinski definition) is 2. The number of carbonyl (C=O) groups excluding carboxylic acids is 2. The lowest BCUT2D eigenvalue weighted by molar-refractivity contribution is 0.0542. The third kappa shape index (κ3) is 9.22. The molecule has 2 N–H and O–H groups in total. The first kappa shape index (κ1) is 38.7. The zero-order chi connectivity index (χ0) is 34.6. The van der Waals surface area contributed by atoms with Crippen LogP contribution in [0.3, 0.4) is 0 Å². The quantitative estimate of drug-likeness (QED) is 0.167. The Bertz CT molecular complexity index is 2140. The number of hydrogen-bond acceptors (Lipinski definition) is 7. The maximum atomic E-state index is 12.5. The number of methoxy groups -OCH3 is 1. The zero-order valence-electron chi connectivity index (χ0n) is 27.8. The number of pyridine rings is 2. The normalized spacial score (nSPS) is 10.8. The van der Waals surface area contributed by atoms with E-state index in [0.717, 1.165) is 44.5 Å². The van der Waals surface area contributed by atoms with Crippen LogP contribution in [0.1, 0.15) is 90.0 Å². The monoisotopic (exact) mass is 678 g/mol. The van der Waals surface area contributed by atoms with Crippen molar-refractivity contribution in [2.24, 2.45) is 0 Å². The Balaban J connectivity index is 0.000000273. The molecule has 0 aliphatic rings. The van der Waals surface area contributed by atoms with Crippen LogP contribution in [0.4, 0.5) is 4.79 Å². The summed E-state index contributed by atoms with van der Waals surface area (Å²) in [6, 6.07) is 18.6. The van der Waals surface area contributed by atoms with Crippen molar-refractivity contribution in [3.05, 3.63) is 130 Å². The van der Waals surface area contributed by atoms with Crippen LogP contribution in [0.15, 0.2) is 85.5 Å². The summed E-state index contributed by atoms with van der Waals surface area (Å²) in [6.07, 6.45) is 7.71. The molecule has 262 valence electrons. The summed E-state index contributed by atoms with van der Waals surface area (Å²) >= 11 is 0. The van der Waals surface area contributed by atoms with Gasteiger partial charge in [0.1, 0.15) is 5.60 Å². The molecule has 0 fully saturated rings. The highest BCUT2D eigenvalue weighted by molar-refractivity contribution is 5.92. The van der Waals surface area contributed by atoms with Crippen LogP contribution < -0.4 is 0 Å². The van der Waals surface area contributed by atoms with Gasteiger partial charge in [0.05, 0.1) is 23.8 Å². The van der Waals surface area contributed by atoms with Gasteiger partial charge in [-0.25, -0.2) is 14.4 Å². The minimum Gasteiger partial charge on any atom is -0.478 e. The number of benzene rings is 2. The molecule has 0 spiro atoms. The molecule has 0 aliphatic heterocycles. The van der Waals surface area contributed by atoms with Gasteiger partial charge in [-0.2, -0.15) is 0 Å². The highest BCUT2D eigenvalue weighted by Gasteiger charge is 2.20. The number of carboxylic acids is 1. The first-order valence-electron chi connectivity index (χ1n) is 15.4. The first-order chi connectivity index (χ1) is 22.8. The third-order valence-electron chi connectivity index (χ3n) is 7.68. The van der Waals surface area contributed by atoms with Crippen LogP contribution >= 0.6 is 0 Å². The molecule has 6 aromatic rings. The number of nitrogens with one attached hydrogen (secondary N) is 1. The molecule has 4 heterocycles. The lowest BCUT2D eigenvalue weighted by Crippen LogP contribution is -2.26. The second-order valence-electron chi connectivity index (χ2n) is 12.6. The van der Waals surface area contributed by atoms with Gasteiger partial charge in [0.15, 0.2) is 0 Å². The van der Waals surface area contributed by atoms with Gasteiger partial charge in [-0.15, -0.1) is 0 Å². The van der Waals surface area contributed by atoms with Crippen molar-refractivity contribution >= 4 is 39.8 Å². The molecule has 0 aliphatic carbocycles. The molecule has 2 aromatic carbocycles. The molecule has 0 unspecified atom stereocenters. The fourth-order valence-electron chi connectivity index (χ4n) is 5.38. The van der Waals surface area contributed by atoms with E-state index in [4.69, 9.17) is 14.6 Å². The first-order valence-corrected chi connectivity index (χ1v) is 15.4. The Hall–Kier alpha value is -5.77. The van der Waals surface area contributed by atoms with E-state index in [2.05, 4.69) is 27.9 Å². The second-order valence-corrected chi connectivity index (χ2v) is 12.6. The number of aromatic nitrogens is 4. The zero-order valence-corrected chi connectivity index (χ0v) is 27.8. The summed E-state index contributed by atoms with van der Waals surface area (Å²) in [4.78, 5) is 46.9. The van der Waals surface area contributed by atoms with Crippen molar-refractivity contribution in [2.45, 2.75) is 67.9 Å². The predicted molar refractivity (Wildman–Crippen MR) is 197 cm³/mol. The van der Waals surface area contributed by atoms with Gasteiger partial charge in [-0.05, 0) is 105 Å². The van der Waals surface area contributed by atoms with E-state index in [1.165, 1.54) is 28.7 Å². The van der Waals surface area contributed by atoms with Crippen molar-refractivity contribution in [3.63, 3.8) is 0 Å². The van der Waals surface area contributed by atoms with Gasteiger partial charge in [-0.3, -0.25) is 14.5 Å². The number of ether oxygens (including phenoxy) is 2. The second kappa shape index (κ2) is 16.1. The molecule has 10 nitrogen and oxygen atoms in total. The van der Waals surface area contributed by atoms with Crippen LogP contribution in [0.2, 0.25) is 0 Å². The number of carbonyl (C=O) groups is 3. The molecule has 0 saturated heterocycles. The van der Waals surface area contributed by atoms with Crippen LogP contribution in [-0.2, 0) is 22.3 Å². The van der Waals surface area contributed by atoms with E-state index in [1.54, 1.807) is 36.8 Å². The summed E-state index contributed by atoms with van der Waals surface area (Å²) in [5.41, 5.74) is 7.97. The molecule has 4 aromatic heterocycles. The van der Waals surface area contributed by atoms with Gasteiger partial charge >= 0.3 is 18.0 Å². The molecule has 0 atom stereocenters. The number of rotatable bonds is 6. The van der Waals surface area contributed by atoms with Crippen molar-refractivity contribution in [3.8, 4) is 0 Å². The topological polar surface area (TPSA) is 136 Å². The van der Waals surface area contributed by atoms with Crippen molar-refractivity contribution < 1.29 is 29.0 Å². The summed E-state index contributed by atoms with van der Waals surface area (Å²) in [5.74, 6) is -1.31. The lowest BCUT2D eigenvalue weighted by Gasteiger charge is -2.19. The number of fused-ring (bicyclic) bond motifs is 2. The number of H-pyrrole nitrogens is 1. The van der Waals surface area contributed by atoms with Gasteiger partial charge in [-0.1, -0.05) is 27.0 Å². The van der Waals surface area contributed by atoms with Gasteiger partial charge in [0.25, 0.3) is 0 Å². The van der Waals surface area contributed by atoms with Crippen LogP contribution in [0.25, 0.3) is 21.8 Å². The predicted octanol–water partition coefficient (Wildman–Crippen LogP) is 8.94. The summed E-state index contributed by atoms with van der Waals surface area (Å²) in [6.45, 7) is 9.56. The number of aryl methyl sites for hydroxylation is 2. The Labute approximate surface area is 293 Å². The number of nitrogens with zero attached hydrogens (tertiary/aromatic N) is 3. The fraction of sp³-hybridized carbons (Fsp3) is 0.275. The smallest absolute Gasteiger partial charge is 0.418 e. The van der Waals surface area contributed by atoms with E-state index < -0.39 is 17.7 Å². The van der Waals surface area contributed by atoms with Gasteiger partial charge in [0, 0.05) is 65.3 Å². The van der Waals surface area contributed by atoms with E-state index >= 15 is 0 Å². The summed E-state index contributed by atoms with van der Waals surface area (Å²) < 4.78 is 11.8. The standard InChI is InChI=1S/C22H24N2O4.C16H14N2O2.2CH4/c1-14-13-24(21(26)28-22(2,3)4)19-7-6-15(11-18(14)19)10-17-12-16(8-9-23-17)20(25)27-5;1-10-9-18-15-3-2-11(7-14(10)15)6-13-8-12(16(19)20)4-5-17-13;;/h6-9,11-13H,10H2,1-5H3;2-5,7-9,18H,6H2,1H3,(H,19,20);2*1H4. The largest absolute Gasteiger partial charge is 0.478 e.